The number of aromatic hydroxyl groups is 1. The minimum absolute atomic E-state index is 0.331. The van der Waals surface area contributed by atoms with Crippen molar-refractivity contribution < 1.29 is 64.5 Å². The second kappa shape index (κ2) is 20.6. The second-order valence-electron chi connectivity index (χ2n) is 16.6. The first-order valence-corrected chi connectivity index (χ1v) is 21.8. The number of hydrogen-bond acceptors (Lipinski definition) is 13. The SMILES string of the molecule is [2H]C([2H])([2H])C([2H])(C)N1CC(C(c2ccccc2)c2ccccc2)n2ncc(=O)c(OC3OC(C(=O)O)C(O)C(O)C3O)c2C1=O.[2H]C([2H])([2H])C([2H])(N1CC(C(c2ccccc2)c2ccccc2)n2ncc(=O)c(O)c2C1=O)C([2H])([2H])[2H]. The number of benzene rings is 4. The summed E-state index contributed by atoms with van der Waals surface area (Å²) >= 11 is 0. The molecule has 2 aromatic heterocycles. The number of carboxylic acids is 1. The van der Waals surface area contributed by atoms with E-state index in [1.165, 1.54) is 4.68 Å². The Bertz CT molecular complexity index is 3300. The first-order chi connectivity index (χ1) is 37.9. The van der Waals surface area contributed by atoms with Crippen molar-refractivity contribution in [1.29, 1.82) is 0 Å². The topological polar surface area (TPSA) is 247 Å². The predicted octanol–water partition coefficient (Wildman–Crippen LogP) is 3.94. The highest BCUT2D eigenvalue weighted by atomic mass is 16.7. The van der Waals surface area contributed by atoms with Crippen molar-refractivity contribution in [2.24, 2.45) is 0 Å². The number of carbonyl (C=O) groups is 3. The number of aliphatic carboxylic acids is 1. The summed E-state index contributed by atoms with van der Waals surface area (Å²) in [5.41, 5.74) is -0.323. The van der Waals surface area contributed by atoms with E-state index in [0.717, 1.165) is 51.2 Å². The summed E-state index contributed by atoms with van der Waals surface area (Å²) in [4.78, 5) is 66.0. The highest BCUT2D eigenvalue weighted by Crippen LogP contribution is 2.42. The van der Waals surface area contributed by atoms with Crippen LogP contribution in [0.1, 0.15) is 110 Å². The molecule has 4 aromatic carbocycles. The molecule has 0 saturated carbocycles. The molecule has 6 aromatic rings. The van der Waals surface area contributed by atoms with Gasteiger partial charge in [-0.15, -0.1) is 0 Å². The second-order valence-corrected chi connectivity index (χ2v) is 16.6. The van der Waals surface area contributed by atoms with Crippen LogP contribution < -0.4 is 15.6 Å². The van der Waals surface area contributed by atoms with E-state index >= 15 is 0 Å². The van der Waals surface area contributed by atoms with Gasteiger partial charge < -0.3 is 44.8 Å². The van der Waals surface area contributed by atoms with Crippen molar-refractivity contribution in [2.75, 3.05) is 13.1 Å². The molecule has 0 radical (unpaired) electrons. The van der Waals surface area contributed by atoms with Crippen LogP contribution in [0.4, 0.5) is 0 Å². The molecule has 3 aliphatic heterocycles. The van der Waals surface area contributed by atoms with Gasteiger partial charge in [-0.3, -0.25) is 28.5 Å². The van der Waals surface area contributed by atoms with Gasteiger partial charge in [-0.1, -0.05) is 121 Å². The normalized spacial score (nSPS) is 26.0. The van der Waals surface area contributed by atoms with E-state index < -0.39 is 145 Å². The summed E-state index contributed by atoms with van der Waals surface area (Å²) in [5, 5.41) is 59.3. The van der Waals surface area contributed by atoms with Crippen molar-refractivity contribution in [3.63, 3.8) is 0 Å². The fourth-order valence-corrected chi connectivity index (χ4v) is 9.03. The van der Waals surface area contributed by atoms with Crippen LogP contribution in [0, 0.1) is 0 Å². The van der Waals surface area contributed by atoms with Crippen LogP contribution in [0.3, 0.4) is 0 Å². The molecule has 364 valence electrons. The van der Waals surface area contributed by atoms with E-state index in [-0.39, 0.29) is 6.54 Å². The number of carboxylic acid groups (broad SMARTS) is 1. The summed E-state index contributed by atoms with van der Waals surface area (Å²) in [6, 6.07) is 28.3. The van der Waals surface area contributed by atoms with Crippen molar-refractivity contribution in [1.82, 2.24) is 29.4 Å². The van der Waals surface area contributed by atoms with E-state index in [4.69, 9.17) is 24.6 Å². The number of hydrogen-bond donors (Lipinski definition) is 5. The Labute approximate surface area is 417 Å². The van der Waals surface area contributed by atoms with Crippen molar-refractivity contribution in [3.05, 3.63) is 188 Å². The average molecular weight is 966 g/mol. The van der Waals surface area contributed by atoms with Gasteiger partial charge in [0.1, 0.15) is 18.3 Å². The van der Waals surface area contributed by atoms with E-state index in [2.05, 4.69) is 10.2 Å². The molecule has 2 amide bonds. The third kappa shape index (κ3) is 9.45. The fourth-order valence-electron chi connectivity index (χ4n) is 9.03. The minimum Gasteiger partial charge on any atom is -0.502 e. The highest BCUT2D eigenvalue weighted by Gasteiger charge is 2.50. The molecule has 8 atom stereocenters. The lowest BCUT2D eigenvalue weighted by atomic mass is 9.83. The quantitative estimate of drug-likeness (QED) is 0.124. The van der Waals surface area contributed by atoms with Gasteiger partial charge in [0, 0.05) is 49.3 Å². The molecular formula is C52H54N6O12. The molecule has 5 heterocycles. The Kier molecular flexibility index (Phi) is 10.7. The van der Waals surface area contributed by atoms with E-state index in [1.807, 2.05) is 48.5 Å². The van der Waals surface area contributed by atoms with Crippen molar-refractivity contribution >= 4 is 17.8 Å². The lowest BCUT2D eigenvalue weighted by molar-refractivity contribution is -0.271. The number of amides is 2. The molecule has 9 rings (SSSR count). The first kappa shape index (κ1) is 36.5. The zero-order chi connectivity index (χ0) is 59.3. The molecule has 1 saturated heterocycles. The van der Waals surface area contributed by atoms with Gasteiger partial charge >= 0.3 is 5.97 Å². The summed E-state index contributed by atoms with van der Waals surface area (Å²) < 4.78 is 102. The summed E-state index contributed by atoms with van der Waals surface area (Å²) in [7, 11) is 0. The molecule has 0 aliphatic carbocycles. The van der Waals surface area contributed by atoms with Gasteiger partial charge in [0.15, 0.2) is 23.2 Å². The molecule has 1 fully saturated rings. The number of fused-ring (bicyclic) bond motifs is 2. The Morgan fingerprint density at radius 3 is 1.50 bits per heavy atom. The number of aliphatic hydroxyl groups is 3. The van der Waals surface area contributed by atoms with Gasteiger partial charge in [-0.2, -0.15) is 10.2 Å². The van der Waals surface area contributed by atoms with E-state index in [1.54, 1.807) is 72.8 Å². The standard InChI is InChI=1S/C29H31N3O9.C23H23N3O3/c1-15(2)31-14-18(20(16-9-5-3-6-10-16)17-11-7-4-8-12-17)32-21(27(31)37)25(19(33)13-30-32)40-29-24(36)22(34)23(35)26(41-29)28(38)39;1-15(2)25-14-18(26-21(23(25)29)22(28)19(27)13-24-26)20(16-9-5-3-6-10-16)17-11-7-4-8-12-17/h3-13,15,18,20,22-24,26,29,34-36H,14H2,1-2H3,(H,38,39);3-13,15,18,20,28H,14H2,1-2H3/i1D3,15D;1D3,2D3,15D. The van der Waals surface area contributed by atoms with Crippen LogP contribution in [-0.2, 0) is 9.53 Å². The van der Waals surface area contributed by atoms with Gasteiger partial charge in [0.2, 0.25) is 22.9 Å². The van der Waals surface area contributed by atoms with E-state index in [9.17, 15) is 49.5 Å². The third-order valence-corrected chi connectivity index (χ3v) is 12.3. The average Bonchev–Trinajstić information content (AvgIpc) is 2.04. The number of carbonyl (C=O) groups excluding carboxylic acids is 2. The summed E-state index contributed by atoms with van der Waals surface area (Å²) in [6.45, 7) is -9.73. The number of aliphatic hydroxyl groups excluding tert-OH is 3. The third-order valence-electron chi connectivity index (χ3n) is 12.3. The number of ether oxygens (including phenoxy) is 2. The smallest absolute Gasteiger partial charge is 0.335 e. The number of rotatable bonds is 11. The molecule has 3 aliphatic rings. The first-order valence-electron chi connectivity index (χ1n) is 27.3. The monoisotopic (exact) mass is 965 g/mol. The zero-order valence-corrected chi connectivity index (χ0v) is 37.1. The summed E-state index contributed by atoms with van der Waals surface area (Å²) in [5.74, 6) is -7.10. The molecule has 18 heteroatoms. The highest BCUT2D eigenvalue weighted by molar-refractivity contribution is 5.96. The van der Waals surface area contributed by atoms with Gasteiger partial charge in [-0.25, -0.2) is 4.79 Å². The van der Waals surface area contributed by atoms with E-state index in [0.29, 0.717) is 4.90 Å². The minimum atomic E-state index is -3.45. The predicted molar refractivity (Wildman–Crippen MR) is 253 cm³/mol. The summed E-state index contributed by atoms with van der Waals surface area (Å²) in [6.07, 6.45) is -8.65. The Morgan fingerprint density at radius 1 is 0.643 bits per heavy atom. The molecule has 0 spiro atoms. The van der Waals surface area contributed by atoms with Gasteiger partial charge in [0.25, 0.3) is 11.8 Å². The molecule has 0 bridgehead atoms. The van der Waals surface area contributed by atoms with Crippen molar-refractivity contribution in [2.45, 2.75) is 94.1 Å². The van der Waals surface area contributed by atoms with Crippen molar-refractivity contribution in [3.8, 4) is 11.5 Å². The Morgan fingerprint density at radius 2 is 1.06 bits per heavy atom. The molecule has 5 N–H and O–H groups in total. The molecule has 70 heavy (non-hydrogen) atoms. The maximum Gasteiger partial charge on any atom is 0.335 e. The van der Waals surface area contributed by atoms with Crippen LogP contribution >= 0.6 is 0 Å². The van der Waals surface area contributed by atoms with Crippen LogP contribution in [0.5, 0.6) is 11.5 Å². The van der Waals surface area contributed by atoms with Crippen LogP contribution in [0.2, 0.25) is 0 Å². The van der Waals surface area contributed by atoms with Crippen LogP contribution in [0.25, 0.3) is 0 Å². The Hall–Kier alpha value is -7.51. The lowest BCUT2D eigenvalue weighted by Gasteiger charge is -2.42. The van der Waals surface area contributed by atoms with Gasteiger partial charge in [-0.05, 0) is 49.7 Å². The van der Waals surface area contributed by atoms with Crippen LogP contribution in [-0.4, -0.2) is 129 Å². The number of aromatic nitrogens is 4. The molecular weight excluding hydrogens is 901 g/mol. The molecule has 18 nitrogen and oxygen atoms in total. The van der Waals surface area contributed by atoms with Crippen LogP contribution in [0.15, 0.2) is 143 Å². The lowest BCUT2D eigenvalue weighted by Crippen LogP contribution is -2.61. The maximum atomic E-state index is 14.1. The molecule has 8 unspecified atom stereocenters. The maximum absolute atomic E-state index is 14.1. The zero-order valence-electron chi connectivity index (χ0n) is 48.1. The largest absolute Gasteiger partial charge is 0.502 e. The van der Waals surface area contributed by atoms with Gasteiger partial charge in [0.05, 0.1) is 27.2 Å². The number of nitrogens with zero attached hydrogens (tertiary/aromatic N) is 6. The Balaban J connectivity index is 0.000000218. The fraction of sp³-hybridized carbons (Fsp3) is 0.327.